The zero-order chi connectivity index (χ0) is 23.2. The summed E-state index contributed by atoms with van der Waals surface area (Å²) in [6, 6.07) is 19.6. The van der Waals surface area contributed by atoms with E-state index >= 15 is 0 Å². The van der Waals surface area contributed by atoms with E-state index in [2.05, 4.69) is 10.6 Å². The number of benzene rings is 3. The van der Waals surface area contributed by atoms with Crippen LogP contribution in [0.25, 0.3) is 10.8 Å². The lowest BCUT2D eigenvalue weighted by molar-refractivity contribution is 0.136. The Morgan fingerprint density at radius 3 is 2.55 bits per heavy atom. The normalized spacial score (nSPS) is 13.2. The number of methoxy groups -OCH3 is 2. The molecule has 1 saturated heterocycles. The van der Waals surface area contributed by atoms with Crippen LogP contribution in [0.4, 0.5) is 10.5 Å². The van der Waals surface area contributed by atoms with Crippen molar-refractivity contribution in [2.24, 2.45) is 0 Å². The van der Waals surface area contributed by atoms with Crippen molar-refractivity contribution in [3.8, 4) is 11.5 Å². The lowest BCUT2D eigenvalue weighted by Gasteiger charge is -2.30. The molecule has 0 aromatic heterocycles. The highest BCUT2D eigenvalue weighted by atomic mass is 32.1. The first-order chi connectivity index (χ1) is 16.1. The van der Waals surface area contributed by atoms with Gasteiger partial charge in [-0.1, -0.05) is 42.5 Å². The SMILES string of the molecule is COc1ccc(CCNC(=S)N2CCCN2C(=O)Nc2cccc3ccccc23)cc1OC. The molecule has 0 aliphatic carbocycles. The largest absolute Gasteiger partial charge is 0.493 e. The number of carbonyl (C=O) groups is 1. The molecule has 3 aromatic rings. The van der Waals surface area contributed by atoms with Gasteiger partial charge in [-0.05, 0) is 54.2 Å². The zero-order valence-corrected chi connectivity index (χ0v) is 19.7. The van der Waals surface area contributed by atoms with Crippen LogP contribution in [0.1, 0.15) is 12.0 Å². The van der Waals surface area contributed by atoms with Gasteiger partial charge in [-0.3, -0.25) is 5.01 Å². The molecule has 3 aromatic carbocycles. The summed E-state index contributed by atoms with van der Waals surface area (Å²) < 4.78 is 10.7. The Morgan fingerprint density at radius 1 is 0.970 bits per heavy atom. The maximum absolute atomic E-state index is 13.1. The standard InChI is InChI=1S/C25H28N4O3S/c1-31-22-12-11-18(17-23(22)32-2)13-14-26-25(33)29-16-6-15-28(29)24(30)27-21-10-5-8-19-7-3-4-9-20(19)21/h3-5,7-12,17H,6,13-16H2,1-2H3,(H,26,33)(H,27,30). The Kier molecular flexibility index (Phi) is 7.14. The topological polar surface area (TPSA) is 66.1 Å². The monoisotopic (exact) mass is 464 g/mol. The number of fused-ring (bicyclic) bond motifs is 1. The van der Waals surface area contributed by atoms with Crippen molar-refractivity contribution in [1.29, 1.82) is 0 Å². The highest BCUT2D eigenvalue weighted by Gasteiger charge is 2.29. The fourth-order valence-electron chi connectivity index (χ4n) is 3.99. The Bertz CT molecular complexity index is 1150. The molecule has 172 valence electrons. The third-order valence-corrected chi connectivity index (χ3v) is 6.02. The molecule has 0 atom stereocenters. The van der Waals surface area contributed by atoms with Crippen LogP contribution in [0.3, 0.4) is 0 Å². The minimum absolute atomic E-state index is 0.187. The van der Waals surface area contributed by atoms with Gasteiger partial charge >= 0.3 is 6.03 Å². The van der Waals surface area contributed by atoms with Gasteiger partial charge in [0, 0.05) is 25.0 Å². The Balaban J connectivity index is 1.35. The molecule has 1 aliphatic rings. The number of hydrazine groups is 1. The molecule has 1 fully saturated rings. The second-order valence-electron chi connectivity index (χ2n) is 7.73. The van der Waals surface area contributed by atoms with Crippen molar-refractivity contribution in [2.75, 3.05) is 39.2 Å². The molecule has 4 rings (SSSR count). The van der Waals surface area contributed by atoms with Crippen molar-refractivity contribution in [3.63, 3.8) is 0 Å². The van der Waals surface area contributed by atoms with E-state index in [0.29, 0.717) is 36.2 Å². The summed E-state index contributed by atoms with van der Waals surface area (Å²) in [7, 11) is 3.25. The zero-order valence-electron chi connectivity index (χ0n) is 18.8. The molecule has 2 N–H and O–H groups in total. The van der Waals surface area contributed by atoms with Gasteiger partial charge in [0.2, 0.25) is 0 Å². The van der Waals surface area contributed by atoms with E-state index in [-0.39, 0.29) is 6.03 Å². The van der Waals surface area contributed by atoms with Gasteiger partial charge in [-0.25, -0.2) is 9.80 Å². The van der Waals surface area contributed by atoms with Crippen LogP contribution < -0.4 is 20.1 Å². The second kappa shape index (κ2) is 10.4. The van der Waals surface area contributed by atoms with Gasteiger partial charge in [0.25, 0.3) is 0 Å². The number of amides is 2. The van der Waals surface area contributed by atoms with E-state index < -0.39 is 0 Å². The number of nitrogens with one attached hydrogen (secondary N) is 2. The molecule has 7 nitrogen and oxygen atoms in total. The first-order valence-corrected chi connectivity index (χ1v) is 11.3. The molecule has 0 unspecified atom stereocenters. The first kappa shape index (κ1) is 22.7. The van der Waals surface area contributed by atoms with Crippen molar-refractivity contribution >= 4 is 39.8 Å². The molecular formula is C25H28N4O3S. The number of hydrogen-bond donors (Lipinski definition) is 2. The van der Waals surface area contributed by atoms with Crippen LogP contribution in [0.5, 0.6) is 11.5 Å². The molecule has 0 saturated carbocycles. The lowest BCUT2D eigenvalue weighted by atomic mass is 10.1. The molecule has 33 heavy (non-hydrogen) atoms. The van der Waals surface area contributed by atoms with Gasteiger partial charge in [0.05, 0.1) is 19.9 Å². The predicted molar refractivity (Wildman–Crippen MR) is 135 cm³/mol. The average Bonchev–Trinajstić information content (AvgIpc) is 3.34. The number of urea groups is 1. The van der Waals surface area contributed by atoms with Crippen LogP contribution >= 0.6 is 12.2 Å². The predicted octanol–water partition coefficient (Wildman–Crippen LogP) is 4.43. The van der Waals surface area contributed by atoms with Crippen molar-refractivity contribution in [3.05, 3.63) is 66.2 Å². The third-order valence-electron chi connectivity index (χ3n) is 5.67. The molecule has 1 aliphatic heterocycles. The lowest BCUT2D eigenvalue weighted by Crippen LogP contribution is -2.50. The Hall–Kier alpha value is -3.52. The molecule has 0 radical (unpaired) electrons. The third kappa shape index (κ3) is 5.12. The number of carbonyl (C=O) groups excluding carboxylic acids is 1. The Morgan fingerprint density at radius 2 is 1.73 bits per heavy atom. The minimum atomic E-state index is -0.187. The van der Waals surface area contributed by atoms with Crippen LogP contribution in [-0.4, -0.2) is 55.0 Å². The molecule has 1 heterocycles. The number of hydrogen-bond acceptors (Lipinski definition) is 4. The average molecular weight is 465 g/mol. The first-order valence-electron chi connectivity index (χ1n) is 10.9. The molecule has 0 bridgehead atoms. The van der Waals surface area contributed by atoms with Gasteiger partial charge in [-0.2, -0.15) is 0 Å². The second-order valence-corrected chi connectivity index (χ2v) is 8.11. The molecular weight excluding hydrogens is 436 g/mol. The maximum atomic E-state index is 13.1. The van der Waals surface area contributed by atoms with Crippen LogP contribution in [0.2, 0.25) is 0 Å². The molecule has 8 heteroatoms. The Labute approximate surface area is 199 Å². The number of ether oxygens (including phenoxy) is 2. The van der Waals surface area contributed by atoms with E-state index in [9.17, 15) is 4.79 Å². The maximum Gasteiger partial charge on any atom is 0.340 e. The fourth-order valence-corrected chi connectivity index (χ4v) is 4.28. The van der Waals surface area contributed by atoms with Crippen LogP contribution in [0, 0.1) is 0 Å². The quantitative estimate of drug-likeness (QED) is 0.526. The van der Waals surface area contributed by atoms with E-state index in [0.717, 1.165) is 34.9 Å². The molecule has 0 spiro atoms. The van der Waals surface area contributed by atoms with Gasteiger partial charge in [-0.15, -0.1) is 0 Å². The fraction of sp³-hybridized carbons (Fsp3) is 0.280. The van der Waals surface area contributed by atoms with E-state index in [4.69, 9.17) is 21.7 Å². The van der Waals surface area contributed by atoms with Crippen molar-refractivity contribution < 1.29 is 14.3 Å². The minimum Gasteiger partial charge on any atom is -0.493 e. The van der Waals surface area contributed by atoms with Crippen molar-refractivity contribution in [1.82, 2.24) is 15.3 Å². The summed E-state index contributed by atoms with van der Waals surface area (Å²) in [5, 5.41) is 12.5. The molecule has 2 amide bonds. The number of rotatable bonds is 6. The number of thiocarbonyl (C=S) groups is 1. The summed E-state index contributed by atoms with van der Waals surface area (Å²) in [6.45, 7) is 1.96. The van der Waals surface area contributed by atoms with Gasteiger partial charge in [0.15, 0.2) is 16.6 Å². The summed E-state index contributed by atoms with van der Waals surface area (Å²) in [5.41, 5.74) is 1.90. The van der Waals surface area contributed by atoms with Crippen LogP contribution in [0.15, 0.2) is 60.7 Å². The number of anilines is 1. The summed E-state index contributed by atoms with van der Waals surface area (Å²) in [6.07, 6.45) is 1.62. The van der Waals surface area contributed by atoms with Crippen molar-refractivity contribution in [2.45, 2.75) is 12.8 Å². The summed E-state index contributed by atoms with van der Waals surface area (Å²) in [5.74, 6) is 1.41. The summed E-state index contributed by atoms with van der Waals surface area (Å²) in [4.78, 5) is 13.1. The highest BCUT2D eigenvalue weighted by molar-refractivity contribution is 7.80. The van der Waals surface area contributed by atoms with Gasteiger partial charge < -0.3 is 20.1 Å². The van der Waals surface area contributed by atoms with Crippen LogP contribution in [-0.2, 0) is 6.42 Å². The number of nitrogens with zero attached hydrogens (tertiary/aromatic N) is 2. The van der Waals surface area contributed by atoms with E-state index in [1.165, 1.54) is 0 Å². The summed E-state index contributed by atoms with van der Waals surface area (Å²) >= 11 is 5.60. The van der Waals surface area contributed by atoms with E-state index in [1.54, 1.807) is 19.2 Å². The van der Waals surface area contributed by atoms with Gasteiger partial charge in [0.1, 0.15) is 0 Å². The van der Waals surface area contributed by atoms with E-state index in [1.807, 2.05) is 65.7 Å². The highest BCUT2D eigenvalue weighted by Crippen LogP contribution is 2.28. The smallest absolute Gasteiger partial charge is 0.340 e.